The molecule has 0 spiro atoms. The van der Waals surface area contributed by atoms with Crippen molar-refractivity contribution in [2.75, 3.05) is 44.7 Å². The average molecular weight is 561 g/mol. The fourth-order valence-electron chi connectivity index (χ4n) is 4.86. The van der Waals surface area contributed by atoms with Gasteiger partial charge in [-0.3, -0.25) is 14.4 Å². The van der Waals surface area contributed by atoms with E-state index in [1.807, 2.05) is 49.9 Å². The van der Waals surface area contributed by atoms with E-state index in [0.717, 1.165) is 11.1 Å². The first-order valence-electron chi connectivity index (χ1n) is 13.8. The van der Waals surface area contributed by atoms with E-state index in [9.17, 15) is 14.4 Å². The SMILES string of the molecule is Cn1nc(-c2cccc(CC(=O)N3CC(OC(C)(C)C)C3)c2)cc(Nc2ccc(C(=O)N3CCOCC3)cn2)c1=O. The van der Waals surface area contributed by atoms with Gasteiger partial charge in [0.25, 0.3) is 11.5 Å². The second kappa shape index (κ2) is 11.8. The molecule has 0 radical (unpaired) electrons. The van der Waals surface area contributed by atoms with Crippen LogP contribution in [0.2, 0.25) is 0 Å². The molecular weight excluding hydrogens is 524 g/mol. The van der Waals surface area contributed by atoms with Crippen molar-refractivity contribution in [3.63, 3.8) is 0 Å². The highest BCUT2D eigenvalue weighted by molar-refractivity contribution is 5.94. The van der Waals surface area contributed by atoms with Gasteiger partial charge in [-0.1, -0.05) is 18.2 Å². The van der Waals surface area contributed by atoms with E-state index >= 15 is 0 Å². The minimum absolute atomic E-state index is 0.0494. The van der Waals surface area contributed by atoms with E-state index in [2.05, 4.69) is 15.4 Å². The summed E-state index contributed by atoms with van der Waals surface area (Å²) in [5, 5.41) is 7.50. The van der Waals surface area contributed by atoms with Gasteiger partial charge in [-0.2, -0.15) is 5.10 Å². The van der Waals surface area contributed by atoms with Crippen molar-refractivity contribution in [1.82, 2.24) is 24.6 Å². The minimum atomic E-state index is -0.319. The number of morpholine rings is 1. The van der Waals surface area contributed by atoms with E-state index in [1.54, 1.807) is 30.1 Å². The molecule has 0 aliphatic carbocycles. The molecule has 1 N–H and O–H groups in total. The van der Waals surface area contributed by atoms with Gasteiger partial charge in [0.05, 0.1) is 42.6 Å². The Labute approximate surface area is 239 Å². The third-order valence-electron chi connectivity index (χ3n) is 6.93. The second-order valence-corrected chi connectivity index (χ2v) is 11.4. The third-order valence-corrected chi connectivity index (χ3v) is 6.93. The van der Waals surface area contributed by atoms with Gasteiger partial charge in [-0.05, 0) is 50.6 Å². The quantitative estimate of drug-likeness (QED) is 0.469. The number of rotatable bonds is 7. The Bertz CT molecular complexity index is 1470. The van der Waals surface area contributed by atoms with Crippen molar-refractivity contribution in [2.24, 2.45) is 7.05 Å². The lowest BCUT2D eigenvalue weighted by molar-refractivity contribution is -0.156. The van der Waals surface area contributed by atoms with Gasteiger partial charge in [0.2, 0.25) is 5.91 Å². The van der Waals surface area contributed by atoms with Crippen molar-refractivity contribution >= 4 is 23.3 Å². The molecule has 5 rings (SSSR count). The first-order valence-corrected chi connectivity index (χ1v) is 13.8. The first kappa shape index (κ1) is 28.4. The van der Waals surface area contributed by atoms with Crippen LogP contribution in [0.25, 0.3) is 11.3 Å². The number of ether oxygens (including phenoxy) is 2. The predicted octanol–water partition coefficient (Wildman–Crippen LogP) is 2.63. The summed E-state index contributed by atoms with van der Waals surface area (Å²) in [7, 11) is 1.59. The van der Waals surface area contributed by atoms with Crippen LogP contribution in [0.1, 0.15) is 36.7 Å². The summed E-state index contributed by atoms with van der Waals surface area (Å²) in [5.41, 5.74) is 2.44. The number of carbonyl (C=O) groups excluding carboxylic acids is 2. The zero-order valence-corrected chi connectivity index (χ0v) is 23.9. The number of hydrogen-bond donors (Lipinski definition) is 1. The summed E-state index contributed by atoms with van der Waals surface area (Å²) in [6.45, 7) is 9.39. The highest BCUT2D eigenvalue weighted by atomic mass is 16.5. The van der Waals surface area contributed by atoms with Gasteiger partial charge in [-0.15, -0.1) is 0 Å². The summed E-state index contributed by atoms with van der Waals surface area (Å²) >= 11 is 0. The van der Waals surface area contributed by atoms with Gasteiger partial charge in [-0.25, -0.2) is 9.67 Å². The number of hydrogen-bond acceptors (Lipinski definition) is 8. The average Bonchev–Trinajstić information content (AvgIpc) is 2.93. The normalized spacial score (nSPS) is 15.9. The lowest BCUT2D eigenvalue weighted by Gasteiger charge is -2.42. The maximum atomic E-state index is 12.9. The topological polar surface area (TPSA) is 119 Å². The molecule has 0 atom stereocenters. The molecule has 0 saturated carbocycles. The Hall–Kier alpha value is -4.09. The summed E-state index contributed by atoms with van der Waals surface area (Å²) < 4.78 is 12.5. The molecular formula is C30H36N6O5. The Morgan fingerprint density at radius 1 is 1.07 bits per heavy atom. The fourth-order valence-corrected chi connectivity index (χ4v) is 4.86. The monoisotopic (exact) mass is 560 g/mol. The van der Waals surface area contributed by atoms with Crippen LogP contribution < -0.4 is 10.9 Å². The predicted molar refractivity (Wildman–Crippen MR) is 154 cm³/mol. The maximum absolute atomic E-state index is 12.9. The largest absolute Gasteiger partial charge is 0.378 e. The van der Waals surface area contributed by atoms with Crippen LogP contribution in [-0.2, 0) is 27.7 Å². The highest BCUT2D eigenvalue weighted by Crippen LogP contribution is 2.23. The number of benzene rings is 1. The zero-order chi connectivity index (χ0) is 29.1. The molecule has 1 aromatic carbocycles. The standard InChI is InChI=1S/C30H36N6O5/c1-30(2,3)41-23-18-36(19-23)27(37)15-20-6-5-7-21(14-20)24-16-25(29(39)34(4)33-24)32-26-9-8-22(17-31-26)28(38)35-10-12-40-13-11-35/h5-9,14,16-17,23H,10-13,15,18-19H2,1-4H3,(H,31,32). The molecule has 2 saturated heterocycles. The van der Waals surface area contributed by atoms with Crippen molar-refractivity contribution in [1.29, 1.82) is 0 Å². The lowest BCUT2D eigenvalue weighted by atomic mass is 10.0. The summed E-state index contributed by atoms with van der Waals surface area (Å²) in [4.78, 5) is 46.3. The number of carbonyl (C=O) groups is 2. The zero-order valence-electron chi connectivity index (χ0n) is 23.9. The number of nitrogens with zero attached hydrogens (tertiary/aromatic N) is 5. The van der Waals surface area contributed by atoms with Crippen molar-refractivity contribution in [3.05, 3.63) is 70.1 Å². The smallest absolute Gasteiger partial charge is 0.290 e. The van der Waals surface area contributed by atoms with E-state index in [0.29, 0.717) is 62.2 Å². The van der Waals surface area contributed by atoms with Crippen LogP contribution in [0.3, 0.4) is 0 Å². The second-order valence-electron chi connectivity index (χ2n) is 11.4. The number of aryl methyl sites for hydroxylation is 1. The van der Waals surface area contributed by atoms with Gasteiger partial charge < -0.3 is 24.6 Å². The third kappa shape index (κ3) is 6.98. The Balaban J connectivity index is 1.26. The fraction of sp³-hybridized carbons (Fsp3) is 0.433. The maximum Gasteiger partial charge on any atom is 0.290 e. The summed E-state index contributed by atoms with van der Waals surface area (Å²) in [6.07, 6.45) is 1.84. The van der Waals surface area contributed by atoms with Crippen molar-refractivity contribution < 1.29 is 19.1 Å². The molecule has 0 unspecified atom stereocenters. The van der Waals surface area contributed by atoms with Crippen LogP contribution in [0.4, 0.5) is 11.5 Å². The molecule has 2 aromatic heterocycles. The Morgan fingerprint density at radius 2 is 1.83 bits per heavy atom. The minimum Gasteiger partial charge on any atom is -0.378 e. The number of anilines is 2. The molecule has 2 aliphatic heterocycles. The van der Waals surface area contributed by atoms with Crippen LogP contribution in [0, 0.1) is 0 Å². The number of aromatic nitrogens is 3. The number of amides is 2. The van der Waals surface area contributed by atoms with E-state index in [1.165, 1.54) is 10.9 Å². The molecule has 2 fully saturated rings. The van der Waals surface area contributed by atoms with Gasteiger partial charge in [0, 0.05) is 45.0 Å². The number of nitrogens with one attached hydrogen (secondary N) is 1. The molecule has 2 aliphatic rings. The van der Waals surface area contributed by atoms with Gasteiger partial charge in [0.15, 0.2) is 0 Å². The van der Waals surface area contributed by atoms with Crippen molar-refractivity contribution in [2.45, 2.75) is 38.9 Å². The van der Waals surface area contributed by atoms with E-state index < -0.39 is 0 Å². The number of likely N-dealkylation sites (tertiary alicyclic amines) is 1. The molecule has 41 heavy (non-hydrogen) atoms. The molecule has 3 aromatic rings. The molecule has 11 heteroatoms. The highest BCUT2D eigenvalue weighted by Gasteiger charge is 2.33. The van der Waals surface area contributed by atoms with E-state index in [-0.39, 0.29) is 35.5 Å². The van der Waals surface area contributed by atoms with E-state index in [4.69, 9.17) is 9.47 Å². The molecule has 216 valence electrons. The van der Waals surface area contributed by atoms with Crippen LogP contribution in [-0.4, -0.2) is 87.5 Å². The van der Waals surface area contributed by atoms with Crippen LogP contribution in [0.5, 0.6) is 0 Å². The van der Waals surface area contributed by atoms with Crippen LogP contribution >= 0.6 is 0 Å². The van der Waals surface area contributed by atoms with Gasteiger partial charge >= 0.3 is 0 Å². The molecule has 0 bridgehead atoms. The first-order chi connectivity index (χ1) is 19.6. The molecule has 11 nitrogen and oxygen atoms in total. The summed E-state index contributed by atoms with van der Waals surface area (Å²) in [5.74, 6) is 0.383. The summed E-state index contributed by atoms with van der Waals surface area (Å²) in [6, 6.07) is 12.6. The Kier molecular flexibility index (Phi) is 8.18. The number of pyridine rings is 1. The lowest BCUT2D eigenvalue weighted by Crippen LogP contribution is -2.56. The van der Waals surface area contributed by atoms with Crippen LogP contribution in [0.15, 0.2) is 53.5 Å². The molecule has 4 heterocycles. The Morgan fingerprint density at radius 3 is 2.51 bits per heavy atom. The van der Waals surface area contributed by atoms with Crippen molar-refractivity contribution in [3.8, 4) is 11.3 Å². The van der Waals surface area contributed by atoms with Gasteiger partial charge in [0.1, 0.15) is 11.5 Å². The molecule has 2 amide bonds.